The molecular formula is C23H17Br2NO4S2. The Morgan fingerprint density at radius 1 is 1.03 bits per heavy atom. The summed E-state index contributed by atoms with van der Waals surface area (Å²) in [6.07, 6.45) is 1.79. The first-order chi connectivity index (χ1) is 15.3. The van der Waals surface area contributed by atoms with E-state index in [1.807, 2.05) is 30.3 Å². The highest BCUT2D eigenvalue weighted by Gasteiger charge is 2.25. The number of halogens is 2. The van der Waals surface area contributed by atoms with Crippen molar-refractivity contribution in [2.24, 2.45) is 0 Å². The topological polar surface area (TPSA) is 72.5 Å². The Bertz CT molecular complexity index is 1320. The summed E-state index contributed by atoms with van der Waals surface area (Å²) in [7, 11) is -2.03. The van der Waals surface area contributed by atoms with Crippen LogP contribution >= 0.6 is 43.6 Å². The zero-order valence-corrected chi connectivity index (χ0v) is 21.6. The molecule has 0 saturated heterocycles. The minimum absolute atomic E-state index is 0.155. The van der Waals surface area contributed by atoms with E-state index in [2.05, 4.69) is 37.2 Å². The van der Waals surface area contributed by atoms with Crippen molar-refractivity contribution in [1.29, 1.82) is 0 Å². The second-order valence-corrected chi connectivity index (χ2v) is 11.7. The molecule has 1 heterocycles. The minimum Gasteiger partial charge on any atom is -0.497 e. The largest absolute Gasteiger partial charge is 0.497 e. The Kier molecular flexibility index (Phi) is 6.80. The second kappa shape index (κ2) is 9.43. The Morgan fingerprint density at radius 2 is 1.72 bits per heavy atom. The average Bonchev–Trinajstić information content (AvgIpc) is 2.77. The normalized spacial score (nSPS) is 14.7. The summed E-state index contributed by atoms with van der Waals surface area (Å²) in [5, 5.41) is 2.82. The lowest BCUT2D eigenvalue weighted by atomic mass is 10.2. The molecule has 164 valence electrons. The van der Waals surface area contributed by atoms with Crippen LogP contribution in [0, 0.1) is 0 Å². The number of fused-ring (bicyclic) bond motifs is 1. The van der Waals surface area contributed by atoms with Gasteiger partial charge in [-0.1, -0.05) is 61.8 Å². The fourth-order valence-electron chi connectivity index (χ4n) is 3.13. The quantitative estimate of drug-likeness (QED) is 0.352. The fraction of sp³-hybridized carbons (Fsp3) is 0.0870. The molecule has 9 heteroatoms. The molecule has 1 aliphatic rings. The molecule has 0 atom stereocenters. The Balaban J connectivity index is 1.60. The number of nitrogens with one attached hydrogen (secondary N) is 1. The highest BCUT2D eigenvalue weighted by molar-refractivity contribution is 9.11. The lowest BCUT2D eigenvalue weighted by Gasteiger charge is -2.19. The van der Waals surface area contributed by atoms with Gasteiger partial charge in [0.2, 0.25) is 0 Å². The van der Waals surface area contributed by atoms with E-state index >= 15 is 0 Å². The molecule has 0 saturated carbocycles. The van der Waals surface area contributed by atoms with Crippen LogP contribution in [0.5, 0.6) is 5.75 Å². The van der Waals surface area contributed by atoms with Crippen LogP contribution in [0.2, 0.25) is 0 Å². The number of hydrogen-bond donors (Lipinski definition) is 1. The van der Waals surface area contributed by atoms with Crippen molar-refractivity contribution in [1.82, 2.24) is 0 Å². The van der Waals surface area contributed by atoms with Crippen LogP contribution in [0.4, 0.5) is 5.69 Å². The molecular weight excluding hydrogens is 578 g/mol. The van der Waals surface area contributed by atoms with Crippen LogP contribution in [0.1, 0.15) is 11.1 Å². The average molecular weight is 595 g/mol. The van der Waals surface area contributed by atoms with Crippen LogP contribution in [-0.2, 0) is 20.4 Å². The number of hydrogen-bond acceptors (Lipinski definition) is 5. The zero-order chi connectivity index (χ0) is 22.9. The lowest BCUT2D eigenvalue weighted by Crippen LogP contribution is -2.18. The van der Waals surface area contributed by atoms with Crippen molar-refractivity contribution in [2.75, 3.05) is 12.4 Å². The third-order valence-electron chi connectivity index (χ3n) is 4.81. The molecule has 0 fully saturated rings. The van der Waals surface area contributed by atoms with E-state index in [9.17, 15) is 13.2 Å². The van der Waals surface area contributed by atoms with Crippen molar-refractivity contribution in [3.8, 4) is 5.75 Å². The van der Waals surface area contributed by atoms with E-state index in [1.165, 1.54) is 17.8 Å². The number of thioether (sulfide) groups is 1. The summed E-state index contributed by atoms with van der Waals surface area (Å²) in [6, 6.07) is 17.6. The standard InChI is InChI=1S/C23H17Br2NO4S2/c1-30-15-7-5-14(6-8-15)11-22-23(27)26-20-12-16(9-10-21(20)31-22)32(28,29)13-17-18(24)3-2-4-19(17)25/h2-12H,13H2,1H3,(H,26,27)/b22-11+. The molecule has 3 aromatic carbocycles. The molecule has 0 unspecified atom stereocenters. The van der Waals surface area contributed by atoms with Crippen molar-refractivity contribution in [3.05, 3.63) is 85.6 Å². The lowest BCUT2D eigenvalue weighted by molar-refractivity contribution is -0.112. The summed E-state index contributed by atoms with van der Waals surface area (Å²) in [5.41, 5.74) is 2.00. The van der Waals surface area contributed by atoms with E-state index in [0.717, 1.165) is 16.2 Å². The van der Waals surface area contributed by atoms with Crippen LogP contribution in [-0.4, -0.2) is 21.4 Å². The van der Waals surface area contributed by atoms with Gasteiger partial charge in [0.1, 0.15) is 5.75 Å². The summed E-state index contributed by atoms with van der Waals surface area (Å²) in [5.74, 6) is 0.292. The van der Waals surface area contributed by atoms with Gasteiger partial charge >= 0.3 is 0 Å². The van der Waals surface area contributed by atoms with Crippen LogP contribution in [0.15, 0.2) is 84.3 Å². The highest BCUT2D eigenvalue weighted by atomic mass is 79.9. The van der Waals surface area contributed by atoms with Gasteiger partial charge in [-0.15, -0.1) is 0 Å². The number of anilines is 1. The highest BCUT2D eigenvalue weighted by Crippen LogP contribution is 2.40. The third-order valence-corrected chi connectivity index (χ3v) is 9.04. The van der Waals surface area contributed by atoms with Crippen molar-refractivity contribution in [3.63, 3.8) is 0 Å². The molecule has 5 nitrogen and oxygen atoms in total. The molecule has 0 aliphatic carbocycles. The summed E-state index contributed by atoms with van der Waals surface area (Å²) >= 11 is 8.13. The molecule has 0 radical (unpaired) electrons. The predicted octanol–water partition coefficient (Wildman–Crippen LogP) is 6.28. The Morgan fingerprint density at radius 3 is 2.38 bits per heavy atom. The molecule has 1 amide bonds. The van der Waals surface area contributed by atoms with Gasteiger partial charge < -0.3 is 10.1 Å². The molecule has 0 bridgehead atoms. The van der Waals surface area contributed by atoms with Crippen molar-refractivity contribution >= 4 is 71.1 Å². The Labute approximate surface area is 207 Å². The first-order valence-corrected chi connectivity index (χ1v) is 13.5. The number of methoxy groups -OCH3 is 1. The number of benzene rings is 3. The second-order valence-electron chi connectivity index (χ2n) is 6.96. The summed E-state index contributed by atoms with van der Waals surface area (Å²) < 4.78 is 32.7. The maximum atomic E-state index is 13.0. The monoisotopic (exact) mass is 593 g/mol. The summed E-state index contributed by atoms with van der Waals surface area (Å²) in [4.78, 5) is 14.1. The minimum atomic E-state index is -3.63. The number of rotatable bonds is 5. The van der Waals surface area contributed by atoms with Gasteiger partial charge in [0, 0.05) is 13.8 Å². The molecule has 32 heavy (non-hydrogen) atoms. The number of carbonyl (C=O) groups excluding carboxylic acids is 1. The molecule has 0 spiro atoms. The van der Waals surface area contributed by atoms with Gasteiger partial charge in [-0.05, 0) is 59.7 Å². The first-order valence-electron chi connectivity index (χ1n) is 9.41. The molecule has 0 aromatic heterocycles. The first kappa shape index (κ1) is 23.1. The van der Waals surface area contributed by atoms with Gasteiger partial charge in [-0.3, -0.25) is 4.79 Å². The van der Waals surface area contributed by atoms with E-state index < -0.39 is 9.84 Å². The Hall–Kier alpha value is -2.07. The molecule has 4 rings (SSSR count). The van der Waals surface area contributed by atoms with E-state index in [1.54, 1.807) is 37.5 Å². The maximum absolute atomic E-state index is 13.0. The molecule has 3 aromatic rings. The maximum Gasteiger partial charge on any atom is 0.262 e. The fourth-order valence-corrected chi connectivity index (χ4v) is 7.14. The number of ether oxygens (including phenoxy) is 1. The number of amides is 1. The van der Waals surface area contributed by atoms with Crippen LogP contribution < -0.4 is 10.1 Å². The van der Waals surface area contributed by atoms with Gasteiger partial charge in [-0.25, -0.2) is 8.42 Å². The van der Waals surface area contributed by atoms with Crippen molar-refractivity contribution in [2.45, 2.75) is 15.5 Å². The van der Waals surface area contributed by atoms with Gasteiger partial charge in [0.05, 0.1) is 28.4 Å². The number of sulfone groups is 1. The van der Waals surface area contributed by atoms with Crippen LogP contribution in [0.3, 0.4) is 0 Å². The smallest absolute Gasteiger partial charge is 0.262 e. The predicted molar refractivity (Wildman–Crippen MR) is 135 cm³/mol. The van der Waals surface area contributed by atoms with Gasteiger partial charge in [0.25, 0.3) is 5.91 Å². The van der Waals surface area contributed by atoms with Gasteiger partial charge in [-0.2, -0.15) is 0 Å². The SMILES string of the molecule is COc1ccc(/C=C2/Sc3ccc(S(=O)(=O)Cc4c(Br)cccc4Br)cc3NC2=O)cc1. The zero-order valence-electron chi connectivity index (χ0n) is 16.8. The molecule has 1 N–H and O–H groups in total. The van der Waals surface area contributed by atoms with E-state index in [0.29, 0.717) is 25.1 Å². The van der Waals surface area contributed by atoms with E-state index in [4.69, 9.17) is 4.74 Å². The summed E-state index contributed by atoms with van der Waals surface area (Å²) in [6.45, 7) is 0. The van der Waals surface area contributed by atoms with Gasteiger partial charge in [0.15, 0.2) is 9.84 Å². The third kappa shape index (κ3) is 4.96. The van der Waals surface area contributed by atoms with Crippen molar-refractivity contribution < 1.29 is 17.9 Å². The van der Waals surface area contributed by atoms with E-state index in [-0.39, 0.29) is 16.6 Å². The molecule has 1 aliphatic heterocycles. The number of carbonyl (C=O) groups is 1. The van der Waals surface area contributed by atoms with Crippen LogP contribution in [0.25, 0.3) is 6.08 Å².